The van der Waals surface area contributed by atoms with E-state index in [4.69, 9.17) is 0 Å². The van der Waals surface area contributed by atoms with Crippen LogP contribution in [-0.2, 0) is 5.41 Å². The number of anilines is 1. The van der Waals surface area contributed by atoms with Gasteiger partial charge in [0.25, 0.3) is 5.91 Å². The van der Waals surface area contributed by atoms with E-state index in [1.54, 1.807) is 35.3 Å². The number of hydrogen-bond donors (Lipinski definition) is 1. The van der Waals surface area contributed by atoms with Gasteiger partial charge in [-0.2, -0.15) is 14.9 Å². The number of aromatic nitrogens is 5. The smallest absolute Gasteiger partial charge is 0.277 e. The average molecular weight is 404 g/mol. The van der Waals surface area contributed by atoms with Crippen LogP contribution in [0.15, 0.2) is 67.0 Å². The van der Waals surface area contributed by atoms with E-state index < -0.39 is 5.91 Å². The maximum Gasteiger partial charge on any atom is 0.277 e. The van der Waals surface area contributed by atoms with Gasteiger partial charge in [0.1, 0.15) is 11.6 Å². The molecule has 7 nitrogen and oxygen atoms in total. The summed E-state index contributed by atoms with van der Waals surface area (Å²) in [4.78, 5) is 17.2. The summed E-state index contributed by atoms with van der Waals surface area (Å²) in [7, 11) is 0. The quantitative estimate of drug-likeness (QED) is 0.555. The fourth-order valence-electron chi connectivity index (χ4n) is 2.88. The van der Waals surface area contributed by atoms with E-state index in [1.807, 2.05) is 45.0 Å². The van der Waals surface area contributed by atoms with Crippen molar-refractivity contribution in [2.75, 3.05) is 5.32 Å². The molecule has 0 unspecified atom stereocenters. The van der Waals surface area contributed by atoms with Crippen molar-refractivity contribution in [3.63, 3.8) is 0 Å². The number of halogens is 1. The molecule has 8 heteroatoms. The summed E-state index contributed by atoms with van der Waals surface area (Å²) in [5.74, 6) is 0.309. The van der Waals surface area contributed by atoms with Gasteiger partial charge in [0.05, 0.1) is 11.4 Å². The summed E-state index contributed by atoms with van der Waals surface area (Å²) in [6, 6.07) is 14.9. The van der Waals surface area contributed by atoms with Crippen molar-refractivity contribution in [3.05, 3.63) is 84.2 Å². The number of nitrogens with zero attached hydrogens (tertiary/aromatic N) is 5. The predicted octanol–water partition coefficient (Wildman–Crippen LogP) is 4.14. The molecule has 152 valence electrons. The van der Waals surface area contributed by atoms with E-state index in [9.17, 15) is 9.18 Å². The topological polar surface area (TPSA) is 77.6 Å². The maximum absolute atomic E-state index is 13.5. The Labute approximate surface area is 173 Å². The molecule has 4 aromatic rings. The first-order valence-electron chi connectivity index (χ1n) is 9.46. The van der Waals surface area contributed by atoms with Gasteiger partial charge in [0.2, 0.25) is 0 Å². The van der Waals surface area contributed by atoms with Crippen molar-refractivity contribution in [2.24, 2.45) is 0 Å². The Bertz CT molecular complexity index is 1190. The molecule has 0 aliphatic rings. The Morgan fingerprint density at radius 3 is 2.57 bits per heavy atom. The summed E-state index contributed by atoms with van der Waals surface area (Å²) in [6.45, 7) is 6.14. The van der Waals surface area contributed by atoms with Gasteiger partial charge in [-0.3, -0.25) is 4.79 Å². The molecule has 4 rings (SSSR count). The molecule has 0 radical (unpaired) electrons. The minimum absolute atomic E-state index is 0.199. The fourth-order valence-corrected chi connectivity index (χ4v) is 2.88. The molecule has 0 spiro atoms. The molecule has 0 saturated carbocycles. The number of carbonyl (C=O) groups excluding carboxylic acids is 1. The summed E-state index contributed by atoms with van der Waals surface area (Å²) in [6.07, 6.45) is 3.28. The maximum atomic E-state index is 13.5. The van der Waals surface area contributed by atoms with Crippen molar-refractivity contribution in [1.29, 1.82) is 0 Å². The summed E-state index contributed by atoms with van der Waals surface area (Å²) >= 11 is 0. The lowest BCUT2D eigenvalue weighted by Gasteiger charge is -2.13. The van der Waals surface area contributed by atoms with Crippen LogP contribution in [-0.4, -0.2) is 30.5 Å². The Morgan fingerprint density at radius 2 is 1.87 bits per heavy atom. The third kappa shape index (κ3) is 3.98. The highest BCUT2D eigenvalue weighted by molar-refractivity contribution is 6.02. The van der Waals surface area contributed by atoms with E-state index in [1.165, 1.54) is 16.8 Å². The van der Waals surface area contributed by atoms with Crippen LogP contribution in [0.2, 0.25) is 0 Å². The van der Waals surface area contributed by atoms with Crippen LogP contribution >= 0.6 is 0 Å². The first kappa shape index (κ1) is 19.5. The highest BCUT2D eigenvalue weighted by Gasteiger charge is 2.22. The minimum atomic E-state index is -0.400. The first-order chi connectivity index (χ1) is 14.3. The molecule has 0 aliphatic carbocycles. The number of rotatable bonds is 4. The molecule has 1 N–H and O–H groups in total. The largest absolute Gasteiger partial charge is 0.305 e. The molecule has 30 heavy (non-hydrogen) atoms. The van der Waals surface area contributed by atoms with Crippen molar-refractivity contribution in [1.82, 2.24) is 24.5 Å². The minimum Gasteiger partial charge on any atom is -0.305 e. The number of carbonyl (C=O) groups is 1. The van der Waals surface area contributed by atoms with Gasteiger partial charge in [-0.1, -0.05) is 32.9 Å². The highest BCUT2D eigenvalue weighted by Crippen LogP contribution is 2.26. The Balaban J connectivity index is 1.64. The molecule has 1 amide bonds. The molecule has 0 saturated heterocycles. The molecule has 3 aromatic heterocycles. The molecule has 0 fully saturated rings. The lowest BCUT2D eigenvalue weighted by Crippen LogP contribution is -2.16. The third-order valence-corrected chi connectivity index (χ3v) is 4.48. The van der Waals surface area contributed by atoms with Crippen LogP contribution < -0.4 is 5.32 Å². The number of benzene rings is 1. The van der Waals surface area contributed by atoms with Gasteiger partial charge in [-0.25, -0.2) is 14.1 Å². The standard InChI is InChI=1S/C22H21FN6O/c1-22(2,3)18-14-20(29(27-18)19-9-4-5-11-24-19)25-21(30)17-10-12-28(26-17)16-8-6-7-15(23)13-16/h4-14H,1-3H3,(H,25,30). The van der Waals surface area contributed by atoms with Crippen LogP contribution in [0.5, 0.6) is 0 Å². The van der Waals surface area contributed by atoms with Gasteiger partial charge in [-0.15, -0.1) is 0 Å². The molecule has 0 bridgehead atoms. The van der Waals surface area contributed by atoms with Gasteiger partial charge in [-0.05, 0) is 36.4 Å². The van der Waals surface area contributed by atoms with Gasteiger partial charge >= 0.3 is 0 Å². The van der Waals surface area contributed by atoms with Crippen molar-refractivity contribution in [3.8, 4) is 11.5 Å². The number of amides is 1. The first-order valence-corrected chi connectivity index (χ1v) is 9.46. The van der Waals surface area contributed by atoms with Crippen LogP contribution in [0.3, 0.4) is 0 Å². The van der Waals surface area contributed by atoms with Gasteiger partial charge in [0, 0.05) is 23.9 Å². The fraction of sp³-hybridized carbons (Fsp3) is 0.182. The van der Waals surface area contributed by atoms with E-state index in [-0.39, 0.29) is 16.9 Å². The van der Waals surface area contributed by atoms with Crippen LogP contribution in [0.25, 0.3) is 11.5 Å². The second kappa shape index (κ2) is 7.55. The molecular weight excluding hydrogens is 383 g/mol. The Kier molecular flexibility index (Phi) is 4.91. The van der Waals surface area contributed by atoms with Crippen molar-refractivity contribution < 1.29 is 9.18 Å². The normalized spacial score (nSPS) is 11.5. The lowest BCUT2D eigenvalue weighted by atomic mass is 9.92. The second-order valence-electron chi connectivity index (χ2n) is 7.84. The number of hydrogen-bond acceptors (Lipinski definition) is 4. The predicted molar refractivity (Wildman–Crippen MR) is 112 cm³/mol. The van der Waals surface area contributed by atoms with E-state index >= 15 is 0 Å². The van der Waals surface area contributed by atoms with Gasteiger partial charge in [0.15, 0.2) is 11.5 Å². The zero-order valence-electron chi connectivity index (χ0n) is 16.9. The van der Waals surface area contributed by atoms with Crippen LogP contribution in [0.4, 0.5) is 10.2 Å². The molecule has 3 heterocycles. The molecule has 1 aromatic carbocycles. The monoisotopic (exact) mass is 404 g/mol. The lowest BCUT2D eigenvalue weighted by molar-refractivity contribution is 0.102. The van der Waals surface area contributed by atoms with Crippen molar-refractivity contribution >= 4 is 11.7 Å². The second-order valence-corrected chi connectivity index (χ2v) is 7.84. The zero-order chi connectivity index (χ0) is 21.3. The average Bonchev–Trinajstić information content (AvgIpc) is 3.36. The number of pyridine rings is 1. The molecule has 0 aliphatic heterocycles. The van der Waals surface area contributed by atoms with E-state index in [0.717, 1.165) is 5.69 Å². The molecular formula is C22H21FN6O. The summed E-state index contributed by atoms with van der Waals surface area (Å²) in [5, 5.41) is 11.8. The summed E-state index contributed by atoms with van der Waals surface area (Å²) < 4.78 is 16.5. The Morgan fingerprint density at radius 1 is 1.03 bits per heavy atom. The van der Waals surface area contributed by atoms with Crippen LogP contribution in [0, 0.1) is 5.82 Å². The Hall–Kier alpha value is -3.81. The highest BCUT2D eigenvalue weighted by atomic mass is 19.1. The summed E-state index contributed by atoms with van der Waals surface area (Å²) in [5.41, 5.74) is 1.33. The van der Waals surface area contributed by atoms with Crippen molar-refractivity contribution in [2.45, 2.75) is 26.2 Å². The molecule has 0 atom stereocenters. The van der Waals surface area contributed by atoms with Crippen LogP contribution in [0.1, 0.15) is 37.0 Å². The SMILES string of the molecule is CC(C)(C)c1cc(NC(=O)c2ccn(-c3cccc(F)c3)n2)n(-c2ccccn2)n1. The zero-order valence-corrected chi connectivity index (χ0v) is 16.9. The van der Waals surface area contributed by atoms with E-state index in [2.05, 4.69) is 20.5 Å². The third-order valence-electron chi connectivity index (χ3n) is 4.48. The van der Waals surface area contributed by atoms with Gasteiger partial charge < -0.3 is 5.32 Å². The van der Waals surface area contributed by atoms with E-state index in [0.29, 0.717) is 17.3 Å². The number of nitrogens with one attached hydrogen (secondary N) is 1.